The van der Waals surface area contributed by atoms with E-state index in [1.54, 1.807) is 0 Å². The lowest BCUT2D eigenvalue weighted by Crippen LogP contribution is -2.40. The lowest BCUT2D eigenvalue weighted by atomic mass is 9.97. The summed E-state index contributed by atoms with van der Waals surface area (Å²) in [5.74, 6) is -0.177. The zero-order chi connectivity index (χ0) is 17.9. The molecule has 1 aromatic rings. The van der Waals surface area contributed by atoms with Crippen LogP contribution < -0.4 is 10.2 Å². The van der Waals surface area contributed by atoms with Gasteiger partial charge in [0.2, 0.25) is 15.9 Å². The minimum atomic E-state index is -3.16. The molecule has 7 nitrogen and oxygen atoms in total. The van der Waals surface area contributed by atoms with E-state index < -0.39 is 10.0 Å². The van der Waals surface area contributed by atoms with Crippen LogP contribution in [0.25, 0.3) is 0 Å². The highest BCUT2D eigenvalue weighted by molar-refractivity contribution is 7.88. The first-order valence-corrected chi connectivity index (χ1v) is 10.5. The fourth-order valence-corrected chi connectivity index (χ4v) is 4.15. The smallest absolute Gasteiger partial charge is 0.227 e. The molecule has 0 spiro atoms. The van der Waals surface area contributed by atoms with Crippen molar-refractivity contribution in [3.63, 3.8) is 0 Å². The molecule has 0 atom stereocenters. The van der Waals surface area contributed by atoms with Crippen molar-refractivity contribution in [2.45, 2.75) is 12.8 Å². The van der Waals surface area contributed by atoms with E-state index in [2.05, 4.69) is 10.2 Å². The zero-order valence-electron chi connectivity index (χ0n) is 14.5. The molecule has 0 saturated carbocycles. The predicted octanol–water partition coefficient (Wildman–Crippen LogP) is 1.13. The van der Waals surface area contributed by atoms with Gasteiger partial charge in [-0.05, 0) is 37.1 Å². The third-order valence-corrected chi connectivity index (χ3v) is 6.11. The monoisotopic (exact) mass is 367 g/mol. The van der Waals surface area contributed by atoms with Gasteiger partial charge in [-0.3, -0.25) is 4.79 Å². The molecule has 2 fully saturated rings. The number of carbonyl (C=O) groups is 1. The molecule has 0 aliphatic carbocycles. The van der Waals surface area contributed by atoms with Crippen molar-refractivity contribution >= 4 is 27.3 Å². The maximum absolute atomic E-state index is 12.4. The molecular formula is C17H25N3O4S. The first-order valence-electron chi connectivity index (χ1n) is 8.62. The number of benzene rings is 1. The van der Waals surface area contributed by atoms with Crippen LogP contribution in [0.3, 0.4) is 0 Å². The Labute approximate surface area is 149 Å². The Morgan fingerprint density at radius 2 is 1.68 bits per heavy atom. The predicted molar refractivity (Wildman–Crippen MR) is 97.2 cm³/mol. The fraction of sp³-hybridized carbons (Fsp3) is 0.588. The van der Waals surface area contributed by atoms with Crippen molar-refractivity contribution in [2.24, 2.45) is 5.92 Å². The molecular weight excluding hydrogens is 342 g/mol. The molecule has 25 heavy (non-hydrogen) atoms. The highest BCUT2D eigenvalue weighted by atomic mass is 32.2. The molecule has 0 unspecified atom stereocenters. The average Bonchev–Trinajstić information content (AvgIpc) is 2.62. The lowest BCUT2D eigenvalue weighted by molar-refractivity contribution is -0.120. The minimum Gasteiger partial charge on any atom is -0.378 e. The summed E-state index contributed by atoms with van der Waals surface area (Å²) in [6.07, 6.45) is 2.33. The number of anilines is 2. The number of hydrogen-bond donors (Lipinski definition) is 1. The summed E-state index contributed by atoms with van der Waals surface area (Å²) in [6.45, 7) is 4.06. The lowest BCUT2D eigenvalue weighted by Gasteiger charge is -2.30. The maximum Gasteiger partial charge on any atom is 0.227 e. The molecule has 2 aliphatic heterocycles. The Morgan fingerprint density at radius 3 is 2.24 bits per heavy atom. The van der Waals surface area contributed by atoms with Gasteiger partial charge in [-0.25, -0.2) is 12.7 Å². The molecule has 1 N–H and O–H groups in total. The Hall–Kier alpha value is -1.64. The van der Waals surface area contributed by atoms with Crippen LogP contribution in [0.5, 0.6) is 0 Å². The highest BCUT2D eigenvalue weighted by Crippen LogP contribution is 2.23. The van der Waals surface area contributed by atoms with Crippen molar-refractivity contribution in [1.82, 2.24) is 4.31 Å². The first-order chi connectivity index (χ1) is 11.9. The number of amides is 1. The number of morpholine rings is 1. The van der Waals surface area contributed by atoms with Gasteiger partial charge in [0, 0.05) is 43.5 Å². The molecule has 1 amide bonds. The average molecular weight is 367 g/mol. The van der Waals surface area contributed by atoms with Gasteiger partial charge in [0.25, 0.3) is 0 Å². The summed E-state index contributed by atoms with van der Waals surface area (Å²) in [4.78, 5) is 14.7. The Kier molecular flexibility index (Phi) is 5.61. The summed E-state index contributed by atoms with van der Waals surface area (Å²) in [6, 6.07) is 7.84. The molecule has 2 saturated heterocycles. The summed E-state index contributed by atoms with van der Waals surface area (Å²) >= 11 is 0. The standard InChI is InChI=1S/C17H25N3O4S/c1-25(22,23)20-8-6-14(7-9-20)17(21)18-15-2-4-16(5-3-15)19-10-12-24-13-11-19/h2-5,14H,6-13H2,1H3,(H,18,21). The highest BCUT2D eigenvalue weighted by Gasteiger charge is 2.28. The second kappa shape index (κ2) is 7.72. The van der Waals surface area contributed by atoms with Crippen LogP contribution in [0.1, 0.15) is 12.8 Å². The van der Waals surface area contributed by atoms with E-state index in [1.807, 2.05) is 24.3 Å². The van der Waals surface area contributed by atoms with Gasteiger partial charge in [-0.15, -0.1) is 0 Å². The van der Waals surface area contributed by atoms with E-state index in [4.69, 9.17) is 4.74 Å². The number of ether oxygens (including phenoxy) is 1. The van der Waals surface area contributed by atoms with E-state index >= 15 is 0 Å². The van der Waals surface area contributed by atoms with E-state index in [9.17, 15) is 13.2 Å². The van der Waals surface area contributed by atoms with E-state index in [-0.39, 0.29) is 11.8 Å². The Balaban J connectivity index is 1.53. The van der Waals surface area contributed by atoms with Crippen LogP contribution in [0.4, 0.5) is 11.4 Å². The van der Waals surface area contributed by atoms with Crippen LogP contribution in [0.15, 0.2) is 24.3 Å². The molecule has 8 heteroatoms. The fourth-order valence-electron chi connectivity index (χ4n) is 3.27. The summed E-state index contributed by atoms with van der Waals surface area (Å²) in [5, 5.41) is 2.95. The number of nitrogens with one attached hydrogen (secondary N) is 1. The topological polar surface area (TPSA) is 79.0 Å². The van der Waals surface area contributed by atoms with Gasteiger partial charge >= 0.3 is 0 Å². The Morgan fingerprint density at radius 1 is 1.08 bits per heavy atom. The molecule has 0 radical (unpaired) electrons. The number of hydrogen-bond acceptors (Lipinski definition) is 5. The molecule has 2 aliphatic rings. The van der Waals surface area contributed by atoms with Crippen LogP contribution in [0, 0.1) is 5.92 Å². The summed E-state index contributed by atoms with van der Waals surface area (Å²) < 4.78 is 29.9. The molecule has 2 heterocycles. The van der Waals surface area contributed by atoms with Crippen molar-refractivity contribution in [3.05, 3.63) is 24.3 Å². The van der Waals surface area contributed by atoms with E-state index in [0.717, 1.165) is 37.7 Å². The summed E-state index contributed by atoms with van der Waals surface area (Å²) in [5.41, 5.74) is 1.90. The maximum atomic E-state index is 12.4. The molecule has 1 aromatic carbocycles. The van der Waals surface area contributed by atoms with Gasteiger partial charge in [0.15, 0.2) is 0 Å². The van der Waals surface area contributed by atoms with E-state index in [1.165, 1.54) is 10.6 Å². The van der Waals surface area contributed by atoms with E-state index in [0.29, 0.717) is 25.9 Å². The van der Waals surface area contributed by atoms with Crippen molar-refractivity contribution in [2.75, 3.05) is 55.9 Å². The number of rotatable bonds is 4. The number of sulfonamides is 1. The van der Waals surface area contributed by atoms with Crippen LogP contribution in [-0.4, -0.2) is 64.3 Å². The van der Waals surface area contributed by atoms with Crippen LogP contribution in [0.2, 0.25) is 0 Å². The largest absolute Gasteiger partial charge is 0.378 e. The second-order valence-electron chi connectivity index (χ2n) is 6.57. The van der Waals surface area contributed by atoms with Gasteiger partial charge in [0.05, 0.1) is 19.5 Å². The normalized spacial score (nSPS) is 20.4. The number of nitrogens with zero attached hydrogens (tertiary/aromatic N) is 2. The van der Waals surface area contributed by atoms with Gasteiger partial charge in [-0.1, -0.05) is 0 Å². The van der Waals surface area contributed by atoms with Crippen molar-refractivity contribution in [1.29, 1.82) is 0 Å². The third kappa shape index (κ3) is 4.71. The van der Waals surface area contributed by atoms with Gasteiger partial charge in [0.1, 0.15) is 0 Å². The molecule has 138 valence electrons. The number of piperidine rings is 1. The van der Waals surface area contributed by atoms with Crippen molar-refractivity contribution in [3.8, 4) is 0 Å². The third-order valence-electron chi connectivity index (χ3n) is 4.80. The van der Waals surface area contributed by atoms with Crippen LogP contribution >= 0.6 is 0 Å². The molecule has 0 aromatic heterocycles. The van der Waals surface area contributed by atoms with Gasteiger partial charge < -0.3 is 15.0 Å². The van der Waals surface area contributed by atoms with Crippen molar-refractivity contribution < 1.29 is 17.9 Å². The minimum absolute atomic E-state index is 0.0349. The molecule has 0 bridgehead atoms. The molecule has 3 rings (SSSR count). The second-order valence-corrected chi connectivity index (χ2v) is 8.55. The summed E-state index contributed by atoms with van der Waals surface area (Å²) in [7, 11) is -3.16. The zero-order valence-corrected chi connectivity index (χ0v) is 15.3. The first kappa shape index (κ1) is 18.2. The number of carbonyl (C=O) groups excluding carboxylic acids is 1. The van der Waals surface area contributed by atoms with Gasteiger partial charge in [-0.2, -0.15) is 0 Å². The van der Waals surface area contributed by atoms with Crippen LogP contribution in [-0.2, 0) is 19.6 Å². The quantitative estimate of drug-likeness (QED) is 0.863. The Bertz CT molecular complexity index is 691. The SMILES string of the molecule is CS(=O)(=O)N1CCC(C(=O)Nc2ccc(N3CCOCC3)cc2)CC1.